The van der Waals surface area contributed by atoms with Crippen LogP contribution in [0, 0.1) is 0 Å². The number of nitrogens with zero attached hydrogens (tertiary/aromatic N) is 1. The summed E-state index contributed by atoms with van der Waals surface area (Å²) in [4.78, 5) is 16.2. The Labute approximate surface area is 202 Å². The van der Waals surface area contributed by atoms with Crippen molar-refractivity contribution in [2.45, 2.75) is 18.2 Å². The number of urea groups is 1. The van der Waals surface area contributed by atoms with Crippen molar-refractivity contribution in [3.8, 4) is 16.9 Å². The van der Waals surface area contributed by atoms with E-state index in [0.717, 1.165) is 12.3 Å². The number of hydrogen-bond donors (Lipinski definition) is 2. The summed E-state index contributed by atoms with van der Waals surface area (Å²) in [6.07, 6.45) is -3.79. The largest absolute Gasteiger partial charge is 0.573 e. The van der Waals surface area contributed by atoms with Gasteiger partial charge in [-0.3, -0.25) is 5.32 Å². The molecule has 7 nitrogen and oxygen atoms in total. The maximum absolute atomic E-state index is 12.7. The number of anilines is 2. The number of amides is 2. The first kappa shape index (κ1) is 25.6. The van der Waals surface area contributed by atoms with Gasteiger partial charge in [-0.2, -0.15) is 0 Å². The minimum Gasteiger partial charge on any atom is -0.405 e. The number of carbonyl (C=O) groups excluding carboxylic acids is 1. The highest BCUT2D eigenvalue weighted by Gasteiger charge is 2.32. The van der Waals surface area contributed by atoms with Gasteiger partial charge in [0.15, 0.2) is 9.84 Å². The molecule has 13 heteroatoms. The van der Waals surface area contributed by atoms with Crippen LogP contribution in [0.25, 0.3) is 11.1 Å². The zero-order valence-electron chi connectivity index (χ0n) is 17.3. The Morgan fingerprint density at radius 3 is 2.26 bits per heavy atom. The SMILES string of the molecule is CCS(=O)(=O)c1ccc(NC(=O)Nc2cc(Cl)c(-c3ccccc3OC(F)(F)F)c(Cl)c2)nc1. The highest BCUT2D eigenvalue weighted by molar-refractivity contribution is 7.91. The maximum atomic E-state index is 12.7. The molecule has 34 heavy (non-hydrogen) atoms. The number of rotatable bonds is 6. The Morgan fingerprint density at radius 2 is 1.71 bits per heavy atom. The Kier molecular flexibility index (Phi) is 7.59. The number of nitrogens with one attached hydrogen (secondary N) is 2. The number of aromatic nitrogens is 1. The molecule has 180 valence electrons. The fourth-order valence-corrected chi connectivity index (χ4v) is 4.39. The molecule has 0 aliphatic rings. The zero-order chi connectivity index (χ0) is 25.1. The van der Waals surface area contributed by atoms with Crippen LogP contribution in [0.2, 0.25) is 10.0 Å². The van der Waals surface area contributed by atoms with Gasteiger partial charge in [0.25, 0.3) is 0 Å². The van der Waals surface area contributed by atoms with Gasteiger partial charge in [-0.1, -0.05) is 48.3 Å². The summed E-state index contributed by atoms with van der Waals surface area (Å²) in [6, 6.07) is 9.85. The number of ether oxygens (including phenoxy) is 1. The second-order valence-electron chi connectivity index (χ2n) is 6.72. The van der Waals surface area contributed by atoms with Crippen LogP contribution in [0.5, 0.6) is 5.75 Å². The van der Waals surface area contributed by atoms with Gasteiger partial charge in [0.1, 0.15) is 11.6 Å². The molecule has 3 rings (SSSR count). The maximum Gasteiger partial charge on any atom is 0.573 e. The van der Waals surface area contributed by atoms with Crippen LogP contribution >= 0.6 is 23.2 Å². The third-order valence-corrected chi connectivity index (χ3v) is 6.72. The number of para-hydroxylation sites is 1. The minimum absolute atomic E-state index is 0.0112. The Bertz CT molecular complexity index is 1290. The van der Waals surface area contributed by atoms with Crippen LogP contribution in [0.1, 0.15) is 6.92 Å². The fraction of sp³-hybridized carbons (Fsp3) is 0.143. The quantitative estimate of drug-likeness (QED) is 0.382. The van der Waals surface area contributed by atoms with Gasteiger partial charge in [0.05, 0.1) is 20.7 Å². The molecule has 0 aliphatic heterocycles. The normalized spacial score (nSPS) is 11.7. The molecule has 0 spiro atoms. The lowest BCUT2D eigenvalue weighted by atomic mass is 10.0. The highest BCUT2D eigenvalue weighted by atomic mass is 35.5. The molecule has 0 saturated carbocycles. The molecule has 2 N–H and O–H groups in total. The monoisotopic (exact) mass is 533 g/mol. The molecular formula is C21H16Cl2F3N3O4S. The van der Waals surface area contributed by atoms with E-state index in [2.05, 4.69) is 20.4 Å². The fourth-order valence-electron chi connectivity index (χ4n) is 2.87. The van der Waals surface area contributed by atoms with E-state index in [9.17, 15) is 26.4 Å². The van der Waals surface area contributed by atoms with E-state index < -0.39 is 28.0 Å². The van der Waals surface area contributed by atoms with Crippen LogP contribution < -0.4 is 15.4 Å². The van der Waals surface area contributed by atoms with E-state index in [0.29, 0.717) is 0 Å². The summed E-state index contributed by atoms with van der Waals surface area (Å²) in [5.74, 6) is -0.497. The van der Waals surface area contributed by atoms with Crippen molar-refractivity contribution < 1.29 is 31.1 Å². The van der Waals surface area contributed by atoms with E-state index in [1.807, 2.05) is 0 Å². The van der Waals surface area contributed by atoms with Crippen molar-refractivity contribution in [3.05, 3.63) is 64.8 Å². The van der Waals surface area contributed by atoms with Gasteiger partial charge in [-0.05, 0) is 30.3 Å². The molecule has 0 bridgehead atoms. The molecule has 2 aromatic carbocycles. The summed E-state index contributed by atoms with van der Waals surface area (Å²) >= 11 is 12.5. The molecule has 0 saturated heterocycles. The lowest BCUT2D eigenvalue weighted by Gasteiger charge is -2.16. The third-order valence-electron chi connectivity index (χ3n) is 4.40. The van der Waals surface area contributed by atoms with E-state index >= 15 is 0 Å². The van der Waals surface area contributed by atoms with Crippen molar-refractivity contribution in [2.24, 2.45) is 0 Å². The molecule has 3 aromatic rings. The predicted molar refractivity (Wildman–Crippen MR) is 123 cm³/mol. The van der Waals surface area contributed by atoms with Crippen LogP contribution in [-0.4, -0.2) is 31.5 Å². The molecular weight excluding hydrogens is 518 g/mol. The van der Waals surface area contributed by atoms with Crippen LogP contribution in [-0.2, 0) is 9.84 Å². The van der Waals surface area contributed by atoms with Crippen LogP contribution in [0.15, 0.2) is 59.6 Å². The standard InChI is InChI=1S/C21H16Cl2F3N3O4S/c1-2-34(31,32)13-7-8-18(27-11-13)29-20(30)28-12-9-15(22)19(16(23)10-12)14-5-3-4-6-17(14)33-21(24,25)26/h3-11H,2H2,1H3,(H2,27,28,29,30). The van der Waals surface area contributed by atoms with Gasteiger partial charge in [0, 0.05) is 23.0 Å². The summed E-state index contributed by atoms with van der Waals surface area (Å²) < 4.78 is 66.0. The lowest BCUT2D eigenvalue weighted by molar-refractivity contribution is -0.274. The van der Waals surface area contributed by atoms with Gasteiger partial charge < -0.3 is 10.1 Å². The second-order valence-corrected chi connectivity index (χ2v) is 9.81. The Balaban J connectivity index is 1.79. The Hall–Kier alpha value is -3.02. The smallest absolute Gasteiger partial charge is 0.405 e. The average molecular weight is 534 g/mol. The minimum atomic E-state index is -4.92. The highest BCUT2D eigenvalue weighted by Crippen LogP contribution is 2.42. The topological polar surface area (TPSA) is 97.4 Å². The van der Waals surface area contributed by atoms with Gasteiger partial charge in [-0.25, -0.2) is 18.2 Å². The number of alkyl halides is 3. The third kappa shape index (κ3) is 6.31. The Morgan fingerprint density at radius 1 is 1.06 bits per heavy atom. The van der Waals surface area contributed by atoms with Crippen LogP contribution in [0.3, 0.4) is 0 Å². The molecule has 1 heterocycles. The molecule has 0 unspecified atom stereocenters. The number of benzene rings is 2. The van der Waals surface area contributed by atoms with Crippen molar-refractivity contribution in [1.29, 1.82) is 0 Å². The van der Waals surface area contributed by atoms with E-state index in [4.69, 9.17) is 23.2 Å². The molecule has 0 radical (unpaired) electrons. The number of sulfone groups is 1. The van der Waals surface area contributed by atoms with Gasteiger partial charge in [-0.15, -0.1) is 13.2 Å². The molecule has 0 aliphatic carbocycles. The predicted octanol–water partition coefficient (Wildman–Crippen LogP) is 6.39. The van der Waals surface area contributed by atoms with Crippen molar-refractivity contribution >= 4 is 50.6 Å². The summed E-state index contributed by atoms with van der Waals surface area (Å²) in [6.45, 7) is 1.50. The number of pyridine rings is 1. The first-order valence-corrected chi connectivity index (χ1v) is 11.9. The van der Waals surface area contributed by atoms with Gasteiger partial charge >= 0.3 is 12.4 Å². The molecule has 0 fully saturated rings. The van der Waals surface area contributed by atoms with Crippen LogP contribution in [0.4, 0.5) is 29.5 Å². The van der Waals surface area contributed by atoms with Crippen molar-refractivity contribution in [1.82, 2.24) is 4.98 Å². The molecule has 0 atom stereocenters. The summed E-state index contributed by atoms with van der Waals surface area (Å²) in [5, 5.41) is 4.82. The van der Waals surface area contributed by atoms with Crippen molar-refractivity contribution in [3.63, 3.8) is 0 Å². The second kappa shape index (κ2) is 10.1. The first-order chi connectivity index (χ1) is 15.9. The average Bonchev–Trinajstić information content (AvgIpc) is 2.73. The summed E-state index contributed by atoms with van der Waals surface area (Å²) in [7, 11) is -3.43. The molecule has 2 amide bonds. The van der Waals surface area contributed by atoms with E-state index in [-0.39, 0.29) is 43.3 Å². The lowest BCUT2D eigenvalue weighted by Crippen LogP contribution is -2.20. The number of hydrogen-bond acceptors (Lipinski definition) is 5. The number of halogens is 5. The van der Waals surface area contributed by atoms with Gasteiger partial charge in [0.2, 0.25) is 0 Å². The van der Waals surface area contributed by atoms with E-state index in [1.165, 1.54) is 49.4 Å². The van der Waals surface area contributed by atoms with Crippen molar-refractivity contribution in [2.75, 3.05) is 16.4 Å². The zero-order valence-corrected chi connectivity index (χ0v) is 19.6. The van der Waals surface area contributed by atoms with E-state index in [1.54, 1.807) is 0 Å². The summed E-state index contributed by atoms with van der Waals surface area (Å²) in [5.41, 5.74) is 0.247. The first-order valence-electron chi connectivity index (χ1n) is 9.50. The number of carbonyl (C=O) groups is 1. The molecule has 1 aromatic heterocycles.